The summed E-state index contributed by atoms with van der Waals surface area (Å²) in [7, 11) is -1.84. The lowest BCUT2D eigenvalue weighted by atomic mass is 10.1. The van der Waals surface area contributed by atoms with Crippen LogP contribution in [0.4, 0.5) is 11.6 Å². The fourth-order valence-electron chi connectivity index (χ4n) is 2.17. The Bertz CT molecular complexity index is 763. The van der Waals surface area contributed by atoms with Gasteiger partial charge in [0.15, 0.2) is 20.6 Å². The largest absolute Gasteiger partial charge is 0.382 e. The molecule has 0 aliphatic heterocycles. The molecule has 0 saturated heterocycles. The Morgan fingerprint density at radius 1 is 1.30 bits per heavy atom. The summed E-state index contributed by atoms with van der Waals surface area (Å²) in [6, 6.07) is 5.80. The number of hydrogen-bond donors (Lipinski definition) is 2. The van der Waals surface area contributed by atoms with Crippen molar-refractivity contribution in [3.05, 3.63) is 29.3 Å². The molecule has 2 rings (SSSR count). The minimum atomic E-state index is -3.46. The number of aromatic nitrogens is 2. The molecule has 3 N–H and O–H groups in total. The van der Waals surface area contributed by atoms with Crippen LogP contribution in [-0.2, 0) is 9.84 Å². The van der Waals surface area contributed by atoms with E-state index in [1.54, 1.807) is 7.05 Å². The molecule has 108 valence electrons. The Morgan fingerprint density at radius 2 is 1.95 bits per heavy atom. The lowest BCUT2D eigenvalue weighted by Gasteiger charge is -2.08. The van der Waals surface area contributed by atoms with Crippen LogP contribution in [0.25, 0.3) is 5.69 Å². The first-order valence-corrected chi connectivity index (χ1v) is 7.98. The van der Waals surface area contributed by atoms with Crippen LogP contribution in [0.15, 0.2) is 23.1 Å². The molecule has 0 atom stereocenters. The average molecular weight is 294 g/mol. The molecule has 2 aromatic rings. The van der Waals surface area contributed by atoms with Gasteiger partial charge >= 0.3 is 0 Å². The van der Waals surface area contributed by atoms with Crippen LogP contribution in [0.5, 0.6) is 0 Å². The molecule has 0 amide bonds. The van der Waals surface area contributed by atoms with Crippen molar-refractivity contribution in [2.45, 2.75) is 18.7 Å². The van der Waals surface area contributed by atoms with Gasteiger partial charge in [-0.05, 0) is 25.5 Å². The molecule has 1 heterocycles. The quantitative estimate of drug-likeness (QED) is 0.895. The first-order chi connectivity index (χ1) is 9.25. The highest BCUT2D eigenvalue weighted by Crippen LogP contribution is 2.30. The molecule has 20 heavy (non-hydrogen) atoms. The Hall–Kier alpha value is -2.02. The summed E-state index contributed by atoms with van der Waals surface area (Å²) < 4.78 is 25.1. The third-order valence-corrected chi connectivity index (χ3v) is 4.21. The molecule has 6 nitrogen and oxygen atoms in total. The van der Waals surface area contributed by atoms with Crippen LogP contribution < -0.4 is 11.1 Å². The summed E-state index contributed by atoms with van der Waals surface area (Å²) in [4.78, 5) is 0.0278. The van der Waals surface area contributed by atoms with Gasteiger partial charge in [-0.1, -0.05) is 17.7 Å². The smallest absolute Gasteiger partial charge is 0.182 e. The molecule has 0 aliphatic rings. The van der Waals surface area contributed by atoms with Crippen molar-refractivity contribution in [2.75, 3.05) is 24.4 Å². The van der Waals surface area contributed by atoms with Gasteiger partial charge in [-0.15, -0.1) is 5.10 Å². The van der Waals surface area contributed by atoms with E-state index < -0.39 is 9.84 Å². The van der Waals surface area contributed by atoms with Gasteiger partial charge in [0.1, 0.15) is 5.82 Å². The van der Waals surface area contributed by atoms with Gasteiger partial charge in [-0.3, -0.25) is 0 Å². The predicted molar refractivity (Wildman–Crippen MR) is 80.1 cm³/mol. The maximum atomic E-state index is 11.8. The maximum absolute atomic E-state index is 11.8. The monoisotopic (exact) mass is 294 g/mol. The highest BCUT2D eigenvalue weighted by Gasteiger charge is 2.24. The fourth-order valence-corrected chi connectivity index (χ4v) is 3.13. The van der Waals surface area contributed by atoms with Crippen molar-refractivity contribution in [2.24, 2.45) is 0 Å². The Labute approximate surface area is 118 Å². The normalized spacial score (nSPS) is 11.6. The number of rotatable bonds is 3. The zero-order valence-electron chi connectivity index (χ0n) is 11.9. The number of aryl methyl sites for hydroxylation is 2. The van der Waals surface area contributed by atoms with Crippen molar-refractivity contribution in [3.8, 4) is 5.69 Å². The van der Waals surface area contributed by atoms with Crippen molar-refractivity contribution >= 4 is 21.5 Å². The summed E-state index contributed by atoms with van der Waals surface area (Å²) in [5.41, 5.74) is 8.84. The third-order valence-electron chi connectivity index (χ3n) is 3.06. The summed E-state index contributed by atoms with van der Waals surface area (Å²) in [6.45, 7) is 3.92. The maximum Gasteiger partial charge on any atom is 0.182 e. The number of nitrogen functional groups attached to an aromatic ring is 1. The van der Waals surface area contributed by atoms with Gasteiger partial charge in [0, 0.05) is 13.3 Å². The van der Waals surface area contributed by atoms with E-state index in [9.17, 15) is 8.42 Å². The Balaban J connectivity index is 2.74. The molecule has 0 fully saturated rings. The number of nitrogens with one attached hydrogen (secondary N) is 1. The number of hydrogen-bond acceptors (Lipinski definition) is 5. The fraction of sp³-hybridized carbons (Fsp3) is 0.308. The first kappa shape index (κ1) is 14.4. The van der Waals surface area contributed by atoms with Crippen LogP contribution >= 0.6 is 0 Å². The van der Waals surface area contributed by atoms with Gasteiger partial charge in [-0.25, -0.2) is 13.1 Å². The highest BCUT2D eigenvalue weighted by molar-refractivity contribution is 7.91. The minimum absolute atomic E-state index is 0.0278. The van der Waals surface area contributed by atoms with Gasteiger partial charge in [0.25, 0.3) is 0 Å². The summed E-state index contributed by atoms with van der Waals surface area (Å²) >= 11 is 0. The standard InChI is InChI=1S/C13H18N4O2S/c1-8-5-6-10(9(2)7-8)17-12(14)11(20(4,18)19)13(15-3)16-17/h5-7H,14H2,1-4H3,(H,15,16). The molecule has 0 unspecified atom stereocenters. The second-order valence-corrected chi connectivity index (χ2v) is 6.74. The minimum Gasteiger partial charge on any atom is -0.382 e. The zero-order chi connectivity index (χ0) is 15.1. The average Bonchev–Trinajstić information content (AvgIpc) is 2.66. The van der Waals surface area contributed by atoms with E-state index in [2.05, 4.69) is 10.4 Å². The highest BCUT2D eigenvalue weighted by atomic mass is 32.2. The molecule has 0 aliphatic carbocycles. The molecule has 0 bridgehead atoms. The van der Waals surface area contributed by atoms with Gasteiger partial charge in [0.05, 0.1) is 5.69 Å². The van der Waals surface area contributed by atoms with E-state index in [-0.39, 0.29) is 16.5 Å². The van der Waals surface area contributed by atoms with Crippen LogP contribution in [0, 0.1) is 13.8 Å². The Morgan fingerprint density at radius 3 is 2.40 bits per heavy atom. The number of sulfone groups is 1. The molecule has 7 heteroatoms. The third kappa shape index (κ3) is 2.36. The van der Waals surface area contributed by atoms with E-state index in [0.717, 1.165) is 23.1 Å². The summed E-state index contributed by atoms with van der Waals surface area (Å²) in [5, 5.41) is 7.03. The van der Waals surface area contributed by atoms with Gasteiger partial charge < -0.3 is 11.1 Å². The molecule has 1 aromatic heterocycles. The number of anilines is 2. The molecular weight excluding hydrogens is 276 g/mol. The van der Waals surface area contributed by atoms with Gasteiger partial charge in [0.2, 0.25) is 0 Å². The molecule has 0 saturated carbocycles. The summed E-state index contributed by atoms with van der Waals surface area (Å²) in [6.07, 6.45) is 1.12. The summed E-state index contributed by atoms with van der Waals surface area (Å²) in [5.74, 6) is 0.369. The Kier molecular flexibility index (Phi) is 3.47. The lowest BCUT2D eigenvalue weighted by Crippen LogP contribution is -2.07. The SMILES string of the molecule is CNc1nn(-c2ccc(C)cc2C)c(N)c1S(C)(=O)=O. The topological polar surface area (TPSA) is 90.0 Å². The van der Waals surface area contributed by atoms with E-state index in [4.69, 9.17) is 5.73 Å². The van der Waals surface area contributed by atoms with E-state index >= 15 is 0 Å². The van der Waals surface area contributed by atoms with Crippen molar-refractivity contribution < 1.29 is 8.42 Å². The first-order valence-electron chi connectivity index (χ1n) is 6.09. The molecular formula is C13H18N4O2S. The predicted octanol–water partition coefficient (Wildman–Crippen LogP) is 1.52. The molecule has 0 spiro atoms. The van der Waals surface area contributed by atoms with Crippen LogP contribution in [0.1, 0.15) is 11.1 Å². The second-order valence-electron chi connectivity index (χ2n) is 4.79. The van der Waals surface area contributed by atoms with E-state index in [1.165, 1.54) is 4.68 Å². The van der Waals surface area contributed by atoms with E-state index in [0.29, 0.717) is 0 Å². The second kappa shape index (κ2) is 4.82. The number of benzene rings is 1. The van der Waals surface area contributed by atoms with Gasteiger partial charge in [-0.2, -0.15) is 0 Å². The zero-order valence-corrected chi connectivity index (χ0v) is 12.7. The van der Waals surface area contributed by atoms with Crippen molar-refractivity contribution in [1.29, 1.82) is 0 Å². The van der Waals surface area contributed by atoms with Crippen molar-refractivity contribution in [1.82, 2.24) is 9.78 Å². The molecule has 0 radical (unpaired) electrons. The molecule has 1 aromatic carbocycles. The van der Waals surface area contributed by atoms with Crippen LogP contribution in [-0.4, -0.2) is 31.5 Å². The van der Waals surface area contributed by atoms with E-state index in [1.807, 2.05) is 32.0 Å². The van der Waals surface area contributed by atoms with Crippen LogP contribution in [0.2, 0.25) is 0 Å². The number of nitrogens with zero attached hydrogens (tertiary/aromatic N) is 2. The number of nitrogens with two attached hydrogens (primary N) is 1. The lowest BCUT2D eigenvalue weighted by molar-refractivity contribution is 0.602. The van der Waals surface area contributed by atoms with Crippen LogP contribution in [0.3, 0.4) is 0 Å². The van der Waals surface area contributed by atoms with Crippen molar-refractivity contribution in [3.63, 3.8) is 0 Å².